The van der Waals surface area contributed by atoms with Gasteiger partial charge in [-0.2, -0.15) is 0 Å². The number of aliphatic hydroxyl groups is 2. The topological polar surface area (TPSA) is 40.5 Å². The van der Waals surface area contributed by atoms with Crippen LogP contribution in [0.2, 0.25) is 0 Å². The van der Waals surface area contributed by atoms with Gasteiger partial charge in [0.25, 0.3) is 0 Å². The summed E-state index contributed by atoms with van der Waals surface area (Å²) < 4.78 is 0. The Labute approximate surface area is 127 Å². The van der Waals surface area contributed by atoms with E-state index in [2.05, 4.69) is 34.6 Å². The summed E-state index contributed by atoms with van der Waals surface area (Å²) in [7, 11) is 0. The fourth-order valence-corrected chi connectivity index (χ4v) is 2.72. The molecule has 2 N–H and O–H groups in total. The quantitative estimate of drug-likeness (QED) is 0.549. The maximum Gasteiger partial charge on any atom is 0.0564 e. The standard InChI is InChI=1S/C18H38O2/c1-6-14(2)7-9-16(4)17(5)10-8-15(3)13-18(20)11-12-19/h14-20H,6-13H2,1-5H3. The molecular weight excluding hydrogens is 248 g/mol. The van der Waals surface area contributed by atoms with E-state index in [4.69, 9.17) is 5.11 Å². The van der Waals surface area contributed by atoms with E-state index < -0.39 is 0 Å². The van der Waals surface area contributed by atoms with Gasteiger partial charge in [-0.1, -0.05) is 66.7 Å². The molecular formula is C18H38O2. The van der Waals surface area contributed by atoms with E-state index in [0.717, 1.165) is 24.2 Å². The average Bonchev–Trinajstić information content (AvgIpc) is 2.41. The third kappa shape index (κ3) is 9.77. The molecule has 0 aromatic heterocycles. The van der Waals surface area contributed by atoms with E-state index >= 15 is 0 Å². The zero-order chi connectivity index (χ0) is 15.5. The lowest BCUT2D eigenvalue weighted by molar-refractivity contribution is 0.107. The Hall–Kier alpha value is -0.0800. The van der Waals surface area contributed by atoms with Crippen LogP contribution in [0.5, 0.6) is 0 Å². The van der Waals surface area contributed by atoms with Gasteiger partial charge in [0.05, 0.1) is 6.10 Å². The highest BCUT2D eigenvalue weighted by atomic mass is 16.3. The summed E-state index contributed by atoms with van der Waals surface area (Å²) in [6.45, 7) is 11.7. The van der Waals surface area contributed by atoms with Crippen LogP contribution in [0.25, 0.3) is 0 Å². The number of hydrogen-bond acceptors (Lipinski definition) is 2. The highest BCUT2D eigenvalue weighted by Crippen LogP contribution is 2.26. The van der Waals surface area contributed by atoms with Crippen molar-refractivity contribution < 1.29 is 10.2 Å². The third-order valence-corrected chi connectivity index (χ3v) is 5.03. The number of aliphatic hydroxyl groups excluding tert-OH is 2. The second kappa shape index (κ2) is 11.6. The minimum Gasteiger partial charge on any atom is -0.396 e. The van der Waals surface area contributed by atoms with E-state index in [1.165, 1.54) is 32.1 Å². The molecule has 0 bridgehead atoms. The van der Waals surface area contributed by atoms with Crippen molar-refractivity contribution in [3.05, 3.63) is 0 Å². The van der Waals surface area contributed by atoms with Crippen LogP contribution in [0.4, 0.5) is 0 Å². The van der Waals surface area contributed by atoms with Crippen LogP contribution < -0.4 is 0 Å². The van der Waals surface area contributed by atoms with Crippen molar-refractivity contribution in [3.8, 4) is 0 Å². The summed E-state index contributed by atoms with van der Waals surface area (Å²) in [4.78, 5) is 0. The van der Waals surface area contributed by atoms with Gasteiger partial charge >= 0.3 is 0 Å². The first-order valence-electron chi connectivity index (χ1n) is 8.69. The zero-order valence-electron chi connectivity index (χ0n) is 14.4. The molecule has 0 aliphatic heterocycles. The lowest BCUT2D eigenvalue weighted by atomic mass is 9.83. The van der Waals surface area contributed by atoms with Gasteiger partial charge in [-0.25, -0.2) is 0 Å². The molecule has 122 valence electrons. The highest BCUT2D eigenvalue weighted by molar-refractivity contribution is 4.67. The van der Waals surface area contributed by atoms with E-state index in [1.54, 1.807) is 0 Å². The summed E-state index contributed by atoms with van der Waals surface area (Å²) in [5, 5.41) is 18.5. The molecule has 0 spiro atoms. The molecule has 0 rings (SSSR count). The van der Waals surface area contributed by atoms with Gasteiger partial charge in [-0.05, 0) is 36.5 Å². The van der Waals surface area contributed by atoms with Gasteiger partial charge in [-0.15, -0.1) is 0 Å². The summed E-state index contributed by atoms with van der Waals surface area (Å²) in [6, 6.07) is 0. The normalized spacial score (nSPS) is 19.4. The van der Waals surface area contributed by atoms with Gasteiger partial charge in [0.2, 0.25) is 0 Å². The molecule has 0 fully saturated rings. The predicted molar refractivity (Wildman–Crippen MR) is 87.7 cm³/mol. The molecule has 0 heterocycles. The van der Waals surface area contributed by atoms with Crippen molar-refractivity contribution >= 4 is 0 Å². The number of hydrogen-bond donors (Lipinski definition) is 2. The zero-order valence-corrected chi connectivity index (χ0v) is 14.4. The minimum absolute atomic E-state index is 0.0942. The van der Waals surface area contributed by atoms with E-state index in [9.17, 15) is 5.11 Å². The summed E-state index contributed by atoms with van der Waals surface area (Å²) in [6.07, 6.45) is 7.46. The maximum absolute atomic E-state index is 9.71. The van der Waals surface area contributed by atoms with Crippen molar-refractivity contribution in [1.82, 2.24) is 0 Å². The lowest BCUT2D eigenvalue weighted by Crippen LogP contribution is -2.15. The Morgan fingerprint density at radius 1 is 0.750 bits per heavy atom. The molecule has 0 saturated heterocycles. The van der Waals surface area contributed by atoms with Gasteiger partial charge in [0.15, 0.2) is 0 Å². The second-order valence-electron chi connectivity index (χ2n) is 7.13. The van der Waals surface area contributed by atoms with E-state index in [-0.39, 0.29) is 12.7 Å². The Morgan fingerprint density at radius 2 is 1.25 bits per heavy atom. The molecule has 0 aliphatic rings. The fourth-order valence-electron chi connectivity index (χ4n) is 2.72. The second-order valence-corrected chi connectivity index (χ2v) is 7.13. The maximum atomic E-state index is 9.71. The van der Waals surface area contributed by atoms with Crippen LogP contribution in [0.1, 0.15) is 79.6 Å². The Bertz CT molecular complexity index is 217. The Morgan fingerprint density at radius 3 is 1.70 bits per heavy atom. The molecule has 20 heavy (non-hydrogen) atoms. The molecule has 0 aromatic rings. The minimum atomic E-state index is -0.326. The first-order chi connectivity index (χ1) is 9.40. The van der Waals surface area contributed by atoms with Gasteiger partial charge in [0.1, 0.15) is 0 Å². The summed E-state index contributed by atoms with van der Waals surface area (Å²) in [5.41, 5.74) is 0. The molecule has 5 unspecified atom stereocenters. The molecule has 5 atom stereocenters. The molecule has 2 nitrogen and oxygen atoms in total. The van der Waals surface area contributed by atoms with Crippen molar-refractivity contribution in [2.75, 3.05) is 6.61 Å². The molecule has 0 amide bonds. The smallest absolute Gasteiger partial charge is 0.0564 e. The molecule has 0 aromatic carbocycles. The van der Waals surface area contributed by atoms with Crippen LogP contribution in [-0.2, 0) is 0 Å². The molecule has 0 aliphatic carbocycles. The summed E-state index contributed by atoms with van der Waals surface area (Å²) >= 11 is 0. The first-order valence-corrected chi connectivity index (χ1v) is 8.69. The summed E-state index contributed by atoms with van der Waals surface area (Å²) in [5.74, 6) is 2.99. The van der Waals surface area contributed by atoms with Crippen molar-refractivity contribution in [3.63, 3.8) is 0 Å². The van der Waals surface area contributed by atoms with E-state index in [0.29, 0.717) is 12.3 Å². The Kier molecular flexibility index (Phi) is 11.5. The first kappa shape index (κ1) is 19.9. The SMILES string of the molecule is CCC(C)CCC(C)C(C)CCC(C)CC(O)CCO. The molecule has 2 heteroatoms. The highest BCUT2D eigenvalue weighted by Gasteiger charge is 2.16. The predicted octanol–water partition coefficient (Wildman–Crippen LogP) is 4.63. The van der Waals surface area contributed by atoms with Crippen molar-refractivity contribution in [2.24, 2.45) is 23.7 Å². The van der Waals surface area contributed by atoms with Crippen molar-refractivity contribution in [2.45, 2.75) is 85.7 Å². The van der Waals surface area contributed by atoms with Crippen LogP contribution >= 0.6 is 0 Å². The van der Waals surface area contributed by atoms with Crippen LogP contribution in [-0.4, -0.2) is 22.9 Å². The molecule has 0 saturated carbocycles. The average molecular weight is 286 g/mol. The van der Waals surface area contributed by atoms with Gasteiger partial charge < -0.3 is 10.2 Å². The Balaban J connectivity index is 3.81. The van der Waals surface area contributed by atoms with Crippen LogP contribution in [0.3, 0.4) is 0 Å². The van der Waals surface area contributed by atoms with Crippen LogP contribution in [0.15, 0.2) is 0 Å². The van der Waals surface area contributed by atoms with E-state index in [1.807, 2.05) is 0 Å². The van der Waals surface area contributed by atoms with Gasteiger partial charge in [0, 0.05) is 6.61 Å². The fraction of sp³-hybridized carbons (Fsp3) is 1.00. The largest absolute Gasteiger partial charge is 0.396 e. The lowest BCUT2D eigenvalue weighted by Gasteiger charge is -2.23. The van der Waals surface area contributed by atoms with Gasteiger partial charge in [-0.3, -0.25) is 0 Å². The third-order valence-electron chi connectivity index (χ3n) is 5.03. The van der Waals surface area contributed by atoms with Crippen LogP contribution in [0, 0.1) is 23.7 Å². The van der Waals surface area contributed by atoms with Crippen molar-refractivity contribution in [1.29, 1.82) is 0 Å². The monoisotopic (exact) mass is 286 g/mol. The molecule has 0 radical (unpaired) electrons. The number of rotatable bonds is 12.